The lowest BCUT2D eigenvalue weighted by Crippen LogP contribution is -2.06. The SMILES string of the molecule is CCOC(=O)c1cn(C2CCCC2)nc1C#N. The zero-order valence-electron chi connectivity index (χ0n) is 9.85. The number of aromatic nitrogens is 2. The summed E-state index contributed by atoms with van der Waals surface area (Å²) in [6.07, 6.45) is 6.14. The van der Waals surface area contributed by atoms with Crippen LogP contribution >= 0.6 is 0 Å². The van der Waals surface area contributed by atoms with Gasteiger partial charge in [0.05, 0.1) is 12.6 Å². The van der Waals surface area contributed by atoms with Gasteiger partial charge in [-0.15, -0.1) is 0 Å². The number of nitrogens with zero attached hydrogens (tertiary/aromatic N) is 3. The minimum atomic E-state index is -0.465. The minimum absolute atomic E-state index is 0.162. The normalized spacial score (nSPS) is 15.8. The van der Waals surface area contributed by atoms with Gasteiger partial charge < -0.3 is 4.74 Å². The van der Waals surface area contributed by atoms with Crippen LogP contribution in [0.1, 0.15) is 54.7 Å². The Morgan fingerprint density at radius 3 is 2.94 bits per heavy atom. The zero-order chi connectivity index (χ0) is 12.3. The summed E-state index contributed by atoms with van der Waals surface area (Å²) in [7, 11) is 0. The highest BCUT2D eigenvalue weighted by atomic mass is 16.5. The minimum Gasteiger partial charge on any atom is -0.462 e. The fourth-order valence-electron chi connectivity index (χ4n) is 2.19. The lowest BCUT2D eigenvalue weighted by molar-refractivity contribution is 0.0526. The van der Waals surface area contributed by atoms with Gasteiger partial charge in [0.1, 0.15) is 11.6 Å². The molecule has 0 aromatic carbocycles. The first-order valence-electron chi connectivity index (χ1n) is 5.92. The quantitative estimate of drug-likeness (QED) is 0.749. The van der Waals surface area contributed by atoms with Gasteiger partial charge in [0.15, 0.2) is 5.69 Å². The molecule has 0 amide bonds. The van der Waals surface area contributed by atoms with Gasteiger partial charge in [-0.3, -0.25) is 4.68 Å². The average molecular weight is 233 g/mol. The number of carbonyl (C=O) groups excluding carboxylic acids is 1. The Morgan fingerprint density at radius 1 is 1.65 bits per heavy atom. The van der Waals surface area contributed by atoms with Gasteiger partial charge in [-0.1, -0.05) is 12.8 Å². The smallest absolute Gasteiger partial charge is 0.342 e. The van der Waals surface area contributed by atoms with Crippen molar-refractivity contribution in [1.29, 1.82) is 5.26 Å². The summed E-state index contributed by atoms with van der Waals surface area (Å²) in [6.45, 7) is 2.05. The molecule has 90 valence electrons. The van der Waals surface area contributed by atoms with Gasteiger partial charge in [-0.05, 0) is 19.8 Å². The maximum absolute atomic E-state index is 11.6. The highest BCUT2D eigenvalue weighted by molar-refractivity contribution is 5.91. The molecule has 1 aromatic rings. The molecule has 0 unspecified atom stereocenters. The maximum atomic E-state index is 11.6. The Bertz CT molecular complexity index is 453. The first-order valence-corrected chi connectivity index (χ1v) is 5.92. The monoisotopic (exact) mass is 233 g/mol. The number of nitriles is 1. The lowest BCUT2D eigenvalue weighted by atomic mass is 10.2. The molecule has 0 aliphatic heterocycles. The Balaban J connectivity index is 2.26. The van der Waals surface area contributed by atoms with Gasteiger partial charge in [-0.25, -0.2) is 4.79 Å². The van der Waals surface area contributed by atoms with Gasteiger partial charge in [0, 0.05) is 6.20 Å². The summed E-state index contributed by atoms with van der Waals surface area (Å²) in [4.78, 5) is 11.6. The van der Waals surface area contributed by atoms with Gasteiger partial charge in [0.25, 0.3) is 0 Å². The number of hydrogen-bond donors (Lipinski definition) is 0. The number of ether oxygens (including phenoxy) is 1. The summed E-state index contributed by atoms with van der Waals surface area (Å²) in [5, 5.41) is 13.1. The van der Waals surface area contributed by atoms with Crippen LogP contribution in [0.4, 0.5) is 0 Å². The van der Waals surface area contributed by atoms with Crippen molar-refractivity contribution in [3.63, 3.8) is 0 Å². The van der Waals surface area contributed by atoms with Crippen LogP contribution in [-0.4, -0.2) is 22.4 Å². The van der Waals surface area contributed by atoms with Gasteiger partial charge in [0.2, 0.25) is 0 Å². The molecule has 1 aliphatic carbocycles. The van der Waals surface area contributed by atoms with E-state index in [9.17, 15) is 4.79 Å². The average Bonchev–Trinajstić information content (AvgIpc) is 2.97. The molecule has 5 heteroatoms. The second-order valence-electron chi connectivity index (χ2n) is 4.14. The second-order valence-corrected chi connectivity index (χ2v) is 4.14. The van der Waals surface area contributed by atoms with Gasteiger partial charge in [-0.2, -0.15) is 10.4 Å². The van der Waals surface area contributed by atoms with E-state index in [0.29, 0.717) is 12.6 Å². The van der Waals surface area contributed by atoms with Crippen molar-refractivity contribution in [3.05, 3.63) is 17.5 Å². The molecule has 0 radical (unpaired) electrons. The van der Waals surface area contributed by atoms with Crippen molar-refractivity contribution in [2.24, 2.45) is 0 Å². The van der Waals surface area contributed by atoms with E-state index in [1.165, 1.54) is 12.8 Å². The molecule has 1 fully saturated rings. The van der Waals surface area contributed by atoms with E-state index < -0.39 is 5.97 Å². The molecule has 1 heterocycles. The fraction of sp³-hybridized carbons (Fsp3) is 0.583. The van der Waals surface area contributed by atoms with E-state index in [4.69, 9.17) is 10.00 Å². The third-order valence-corrected chi connectivity index (χ3v) is 3.03. The van der Waals surface area contributed by atoms with E-state index in [1.54, 1.807) is 17.8 Å². The van der Waals surface area contributed by atoms with Crippen molar-refractivity contribution in [2.75, 3.05) is 6.61 Å². The number of rotatable bonds is 3. The van der Waals surface area contributed by atoms with Crippen molar-refractivity contribution in [3.8, 4) is 6.07 Å². The van der Waals surface area contributed by atoms with Crippen LogP contribution < -0.4 is 0 Å². The Kier molecular flexibility index (Phi) is 3.43. The Hall–Kier alpha value is -1.83. The Morgan fingerprint density at radius 2 is 2.35 bits per heavy atom. The highest BCUT2D eigenvalue weighted by Crippen LogP contribution is 2.29. The predicted octanol–water partition coefficient (Wildman–Crippen LogP) is 2.05. The van der Waals surface area contributed by atoms with Crippen LogP contribution in [-0.2, 0) is 4.74 Å². The number of esters is 1. The van der Waals surface area contributed by atoms with E-state index in [2.05, 4.69) is 5.10 Å². The Labute approximate surface area is 100.0 Å². The summed E-state index contributed by atoms with van der Waals surface area (Å²) < 4.78 is 6.65. The van der Waals surface area contributed by atoms with Crippen LogP contribution in [0.5, 0.6) is 0 Å². The third-order valence-electron chi connectivity index (χ3n) is 3.03. The summed E-state index contributed by atoms with van der Waals surface area (Å²) in [5.74, 6) is -0.465. The number of carbonyl (C=O) groups is 1. The van der Waals surface area contributed by atoms with E-state index >= 15 is 0 Å². The third kappa shape index (κ3) is 2.31. The molecule has 0 spiro atoms. The predicted molar refractivity (Wildman–Crippen MR) is 60.4 cm³/mol. The summed E-state index contributed by atoms with van der Waals surface area (Å²) in [6, 6.07) is 2.27. The molecule has 2 rings (SSSR count). The standard InChI is InChI=1S/C12H15N3O2/c1-2-17-12(16)10-8-15(14-11(10)7-13)9-5-3-4-6-9/h8-9H,2-6H2,1H3. The lowest BCUT2D eigenvalue weighted by Gasteiger charge is -2.08. The first-order chi connectivity index (χ1) is 8.26. The van der Waals surface area contributed by atoms with Crippen LogP contribution in [0.2, 0.25) is 0 Å². The zero-order valence-corrected chi connectivity index (χ0v) is 9.85. The van der Waals surface area contributed by atoms with Crippen molar-refractivity contribution < 1.29 is 9.53 Å². The van der Waals surface area contributed by atoms with Crippen molar-refractivity contribution in [2.45, 2.75) is 38.6 Å². The first kappa shape index (κ1) is 11.6. The molecular formula is C12H15N3O2. The molecule has 5 nitrogen and oxygen atoms in total. The van der Waals surface area contributed by atoms with Gasteiger partial charge >= 0.3 is 5.97 Å². The molecule has 0 atom stereocenters. The van der Waals surface area contributed by atoms with Crippen molar-refractivity contribution >= 4 is 5.97 Å². The molecule has 0 N–H and O–H groups in total. The maximum Gasteiger partial charge on any atom is 0.342 e. The van der Waals surface area contributed by atoms with Crippen LogP contribution in [0, 0.1) is 11.3 Å². The molecule has 0 saturated heterocycles. The fourth-order valence-corrected chi connectivity index (χ4v) is 2.19. The van der Waals surface area contributed by atoms with E-state index in [-0.39, 0.29) is 11.3 Å². The van der Waals surface area contributed by atoms with Crippen LogP contribution in [0.25, 0.3) is 0 Å². The molecule has 1 aliphatic rings. The van der Waals surface area contributed by atoms with Crippen LogP contribution in [0.15, 0.2) is 6.20 Å². The number of hydrogen-bond acceptors (Lipinski definition) is 4. The molecular weight excluding hydrogens is 218 g/mol. The van der Waals surface area contributed by atoms with E-state index in [1.807, 2.05) is 6.07 Å². The van der Waals surface area contributed by atoms with Crippen LogP contribution in [0.3, 0.4) is 0 Å². The summed E-state index contributed by atoms with van der Waals surface area (Å²) in [5.41, 5.74) is 0.441. The largest absolute Gasteiger partial charge is 0.462 e. The van der Waals surface area contributed by atoms with E-state index in [0.717, 1.165) is 12.8 Å². The summed E-state index contributed by atoms with van der Waals surface area (Å²) >= 11 is 0. The molecule has 0 bridgehead atoms. The molecule has 17 heavy (non-hydrogen) atoms. The second kappa shape index (κ2) is 5.00. The molecule has 1 saturated carbocycles. The topological polar surface area (TPSA) is 67.9 Å². The van der Waals surface area contributed by atoms with Crippen molar-refractivity contribution in [1.82, 2.24) is 9.78 Å². The highest BCUT2D eigenvalue weighted by Gasteiger charge is 2.23. The molecule has 1 aromatic heterocycles.